The minimum absolute atomic E-state index is 1.07. The van der Waals surface area contributed by atoms with Gasteiger partial charge in [0.2, 0.25) is 0 Å². The fourth-order valence-corrected chi connectivity index (χ4v) is 2.34. The zero-order valence-corrected chi connectivity index (χ0v) is 8.66. The molecule has 0 heterocycles. The average molecular weight is 193 g/mol. The molecule has 3 rings (SSSR count). The predicted molar refractivity (Wildman–Crippen MR) is 61.9 cm³/mol. The number of hydrogen-bond acceptors (Lipinski definition) is 0. The van der Waals surface area contributed by atoms with Crippen molar-refractivity contribution in [3.05, 3.63) is 70.8 Å². The van der Waals surface area contributed by atoms with Crippen LogP contribution in [0.4, 0.5) is 0 Å². The molecule has 0 aromatic heterocycles. The van der Waals surface area contributed by atoms with Crippen molar-refractivity contribution in [3.8, 4) is 0 Å². The zero-order chi connectivity index (χ0) is 10.1. The summed E-state index contributed by atoms with van der Waals surface area (Å²) in [6.45, 7) is 0. The first-order valence-corrected chi connectivity index (χ1v) is 5.49. The van der Waals surface area contributed by atoms with Gasteiger partial charge in [-0.15, -0.1) is 0 Å². The standard InChI is InChI=1S/C15H13/c1-3-7-14-11-15-8-4-2-6-13(15)10-9-12(14)5-1/h1-5,7-8H,9-11H2. The number of hydrogen-bond donors (Lipinski definition) is 0. The first-order chi connectivity index (χ1) is 7.43. The van der Waals surface area contributed by atoms with E-state index in [-0.39, 0.29) is 0 Å². The Hall–Kier alpha value is -1.56. The maximum Gasteiger partial charge on any atom is -0.00201 e. The molecule has 0 saturated carbocycles. The maximum atomic E-state index is 3.36. The molecule has 0 nitrogen and oxygen atoms in total. The molecule has 0 atom stereocenters. The van der Waals surface area contributed by atoms with Gasteiger partial charge in [-0.25, -0.2) is 0 Å². The van der Waals surface area contributed by atoms with E-state index in [4.69, 9.17) is 0 Å². The number of benzene rings is 2. The van der Waals surface area contributed by atoms with E-state index in [1.807, 2.05) is 6.07 Å². The fourth-order valence-electron chi connectivity index (χ4n) is 2.34. The second kappa shape index (κ2) is 3.54. The lowest BCUT2D eigenvalue weighted by Crippen LogP contribution is -1.91. The van der Waals surface area contributed by atoms with Gasteiger partial charge >= 0.3 is 0 Å². The van der Waals surface area contributed by atoms with E-state index in [1.165, 1.54) is 22.3 Å². The molecule has 0 spiro atoms. The largest absolute Gasteiger partial charge is 0.0620 e. The molecule has 15 heavy (non-hydrogen) atoms. The van der Waals surface area contributed by atoms with Gasteiger partial charge in [-0.2, -0.15) is 0 Å². The Bertz CT molecular complexity index is 437. The fraction of sp³-hybridized carbons (Fsp3) is 0.200. The van der Waals surface area contributed by atoms with Crippen molar-refractivity contribution in [1.82, 2.24) is 0 Å². The highest BCUT2D eigenvalue weighted by Gasteiger charge is 2.11. The smallest absolute Gasteiger partial charge is 0.00201 e. The topological polar surface area (TPSA) is 0 Å². The van der Waals surface area contributed by atoms with Crippen LogP contribution in [0, 0.1) is 6.07 Å². The predicted octanol–water partition coefficient (Wildman–Crippen LogP) is 3.18. The van der Waals surface area contributed by atoms with Crippen molar-refractivity contribution >= 4 is 0 Å². The van der Waals surface area contributed by atoms with Crippen LogP contribution in [0.3, 0.4) is 0 Å². The first kappa shape index (κ1) is 8.72. The van der Waals surface area contributed by atoms with Gasteiger partial charge < -0.3 is 0 Å². The Kier molecular flexibility index (Phi) is 2.06. The molecular weight excluding hydrogens is 180 g/mol. The van der Waals surface area contributed by atoms with Gasteiger partial charge in [-0.3, -0.25) is 0 Å². The molecule has 0 amide bonds. The van der Waals surface area contributed by atoms with E-state index in [1.54, 1.807) is 0 Å². The minimum atomic E-state index is 1.07. The Morgan fingerprint density at radius 1 is 0.800 bits per heavy atom. The normalized spacial score (nSPS) is 13.9. The van der Waals surface area contributed by atoms with Crippen molar-refractivity contribution in [1.29, 1.82) is 0 Å². The van der Waals surface area contributed by atoms with Crippen LogP contribution in [0.25, 0.3) is 0 Å². The number of rotatable bonds is 0. The molecule has 0 saturated heterocycles. The molecule has 0 fully saturated rings. The lowest BCUT2D eigenvalue weighted by Gasteiger charge is -2.04. The molecule has 73 valence electrons. The van der Waals surface area contributed by atoms with Crippen LogP contribution in [0.5, 0.6) is 0 Å². The monoisotopic (exact) mass is 193 g/mol. The molecule has 0 aliphatic heterocycles. The van der Waals surface area contributed by atoms with Crippen molar-refractivity contribution < 1.29 is 0 Å². The quantitative estimate of drug-likeness (QED) is 0.603. The molecule has 2 aromatic rings. The van der Waals surface area contributed by atoms with Crippen LogP contribution in [-0.4, -0.2) is 0 Å². The van der Waals surface area contributed by atoms with Crippen LogP contribution < -0.4 is 0 Å². The second-order valence-corrected chi connectivity index (χ2v) is 4.12. The van der Waals surface area contributed by atoms with Crippen LogP contribution in [-0.2, 0) is 19.3 Å². The summed E-state index contributed by atoms with van der Waals surface area (Å²) < 4.78 is 0. The van der Waals surface area contributed by atoms with Gasteiger partial charge in [0.05, 0.1) is 0 Å². The Labute approximate surface area is 90.6 Å². The van der Waals surface area contributed by atoms with E-state index in [9.17, 15) is 0 Å². The summed E-state index contributed by atoms with van der Waals surface area (Å²) in [5, 5.41) is 0. The van der Waals surface area contributed by atoms with E-state index < -0.39 is 0 Å². The molecule has 2 aromatic carbocycles. The summed E-state index contributed by atoms with van der Waals surface area (Å²) in [5.74, 6) is 0. The summed E-state index contributed by atoms with van der Waals surface area (Å²) in [7, 11) is 0. The average Bonchev–Trinajstić information content (AvgIpc) is 2.48. The lowest BCUT2D eigenvalue weighted by atomic mass is 10.0. The van der Waals surface area contributed by atoms with Crippen molar-refractivity contribution in [2.75, 3.05) is 0 Å². The van der Waals surface area contributed by atoms with Gasteiger partial charge in [-0.1, -0.05) is 42.5 Å². The van der Waals surface area contributed by atoms with Crippen LogP contribution >= 0.6 is 0 Å². The SMILES string of the molecule is [c]1cccc2c1CCc1ccccc1C2. The van der Waals surface area contributed by atoms with Crippen molar-refractivity contribution in [3.63, 3.8) is 0 Å². The zero-order valence-electron chi connectivity index (χ0n) is 8.66. The van der Waals surface area contributed by atoms with Crippen molar-refractivity contribution in [2.24, 2.45) is 0 Å². The second-order valence-electron chi connectivity index (χ2n) is 4.12. The molecule has 0 N–H and O–H groups in total. The third kappa shape index (κ3) is 1.56. The Morgan fingerprint density at radius 3 is 2.53 bits per heavy atom. The number of fused-ring (bicyclic) bond motifs is 2. The maximum absolute atomic E-state index is 3.36. The van der Waals surface area contributed by atoms with Crippen LogP contribution in [0.2, 0.25) is 0 Å². The first-order valence-electron chi connectivity index (χ1n) is 5.49. The molecule has 1 radical (unpaired) electrons. The summed E-state index contributed by atoms with van der Waals surface area (Å²) >= 11 is 0. The minimum Gasteiger partial charge on any atom is -0.0620 e. The highest BCUT2D eigenvalue weighted by Crippen LogP contribution is 2.23. The Balaban J connectivity index is 2.10. The lowest BCUT2D eigenvalue weighted by molar-refractivity contribution is 0.963. The van der Waals surface area contributed by atoms with E-state index in [0.29, 0.717) is 0 Å². The number of aryl methyl sites for hydroxylation is 2. The molecule has 0 heteroatoms. The highest BCUT2D eigenvalue weighted by atomic mass is 14.2. The van der Waals surface area contributed by atoms with Gasteiger partial charge in [-0.05, 0) is 47.6 Å². The summed E-state index contributed by atoms with van der Waals surface area (Å²) in [6.07, 6.45) is 3.36. The van der Waals surface area contributed by atoms with E-state index in [0.717, 1.165) is 19.3 Å². The molecular formula is C15H13. The van der Waals surface area contributed by atoms with Gasteiger partial charge in [0.1, 0.15) is 0 Å². The van der Waals surface area contributed by atoms with Gasteiger partial charge in [0.25, 0.3) is 0 Å². The summed E-state index contributed by atoms with van der Waals surface area (Å²) in [6, 6.07) is 18.5. The van der Waals surface area contributed by atoms with Crippen molar-refractivity contribution in [2.45, 2.75) is 19.3 Å². The van der Waals surface area contributed by atoms with Crippen LogP contribution in [0.1, 0.15) is 22.3 Å². The molecule has 1 aliphatic carbocycles. The highest BCUT2D eigenvalue weighted by molar-refractivity contribution is 5.39. The summed E-state index contributed by atoms with van der Waals surface area (Å²) in [4.78, 5) is 0. The molecule has 0 bridgehead atoms. The van der Waals surface area contributed by atoms with E-state index in [2.05, 4.69) is 42.5 Å². The third-order valence-corrected chi connectivity index (χ3v) is 3.18. The molecule has 0 unspecified atom stereocenters. The van der Waals surface area contributed by atoms with Gasteiger partial charge in [0, 0.05) is 0 Å². The van der Waals surface area contributed by atoms with Crippen LogP contribution in [0.15, 0.2) is 42.5 Å². The van der Waals surface area contributed by atoms with E-state index >= 15 is 0 Å². The third-order valence-electron chi connectivity index (χ3n) is 3.18. The summed E-state index contributed by atoms with van der Waals surface area (Å²) in [5.41, 5.74) is 5.83. The van der Waals surface area contributed by atoms with Gasteiger partial charge in [0.15, 0.2) is 0 Å². The Morgan fingerprint density at radius 2 is 1.60 bits per heavy atom. The molecule has 1 aliphatic rings.